The van der Waals surface area contributed by atoms with Crippen LogP contribution in [0.5, 0.6) is 0 Å². The van der Waals surface area contributed by atoms with Gasteiger partial charge >= 0.3 is 0 Å². The first-order valence-corrected chi connectivity index (χ1v) is 8.98. The van der Waals surface area contributed by atoms with E-state index in [1.165, 1.54) is 7.05 Å². The number of amides is 2. The number of rotatable bonds is 6. The van der Waals surface area contributed by atoms with E-state index in [-0.39, 0.29) is 17.6 Å². The molecule has 0 aliphatic heterocycles. The second-order valence-electron chi connectivity index (χ2n) is 6.64. The molecule has 0 fully saturated rings. The molecule has 144 valence electrons. The molecule has 0 spiro atoms. The Morgan fingerprint density at radius 3 is 2.36 bits per heavy atom. The zero-order valence-corrected chi connectivity index (χ0v) is 16.0. The third-order valence-corrected chi connectivity index (χ3v) is 4.34. The van der Waals surface area contributed by atoms with Gasteiger partial charge in [0.05, 0.1) is 0 Å². The molecule has 28 heavy (non-hydrogen) atoms. The minimum Gasteiger partial charge on any atom is -0.449 e. The van der Waals surface area contributed by atoms with Gasteiger partial charge in [0, 0.05) is 31.2 Å². The summed E-state index contributed by atoms with van der Waals surface area (Å²) in [6.45, 7) is 3.73. The number of nitrogens with one attached hydrogen (secondary N) is 2. The Morgan fingerprint density at radius 2 is 1.75 bits per heavy atom. The molecule has 3 aromatic heterocycles. The molecule has 7 nitrogen and oxygen atoms in total. The van der Waals surface area contributed by atoms with Crippen molar-refractivity contribution in [1.82, 2.24) is 20.6 Å². The lowest BCUT2D eigenvalue weighted by Gasteiger charge is -2.19. The predicted octanol–water partition coefficient (Wildman–Crippen LogP) is 2.90. The van der Waals surface area contributed by atoms with Gasteiger partial charge in [-0.25, -0.2) is 0 Å². The summed E-state index contributed by atoms with van der Waals surface area (Å²) in [6, 6.07) is 10.2. The molecule has 0 aliphatic carbocycles. The maximum absolute atomic E-state index is 12.5. The van der Waals surface area contributed by atoms with Crippen LogP contribution in [0, 0.1) is 5.92 Å². The van der Waals surface area contributed by atoms with Crippen LogP contribution in [-0.4, -0.2) is 34.9 Å². The van der Waals surface area contributed by atoms with E-state index in [9.17, 15) is 9.59 Å². The first kappa shape index (κ1) is 19.3. The number of furan rings is 1. The van der Waals surface area contributed by atoms with Crippen LogP contribution >= 0.6 is 0 Å². The van der Waals surface area contributed by atoms with Gasteiger partial charge in [0.2, 0.25) is 5.91 Å². The molecule has 0 radical (unpaired) electrons. The van der Waals surface area contributed by atoms with E-state index in [2.05, 4.69) is 20.6 Å². The molecule has 1 atom stereocenters. The van der Waals surface area contributed by atoms with E-state index in [0.29, 0.717) is 11.5 Å². The molecular weight excluding hydrogens is 356 g/mol. The maximum Gasteiger partial charge on any atom is 0.287 e. The van der Waals surface area contributed by atoms with E-state index < -0.39 is 11.9 Å². The second kappa shape index (κ2) is 8.47. The van der Waals surface area contributed by atoms with Crippen molar-refractivity contribution in [2.45, 2.75) is 19.9 Å². The highest BCUT2D eigenvalue weighted by Gasteiger charge is 2.25. The number of carbonyl (C=O) groups is 2. The number of hydrogen-bond acceptors (Lipinski definition) is 5. The molecule has 2 amide bonds. The highest BCUT2D eigenvalue weighted by atomic mass is 16.4. The van der Waals surface area contributed by atoms with Gasteiger partial charge in [-0.05, 0) is 41.8 Å². The number of pyridine rings is 2. The largest absolute Gasteiger partial charge is 0.449 e. The zero-order valence-electron chi connectivity index (χ0n) is 16.0. The molecule has 3 rings (SSSR count). The SMILES string of the molecule is CNC(=O)[C@@H](NC(=O)c1ccc(-c2ccc(-c3ccncc3)cn2)o1)C(C)C. The van der Waals surface area contributed by atoms with Crippen LogP contribution in [0.4, 0.5) is 0 Å². The van der Waals surface area contributed by atoms with E-state index in [0.717, 1.165) is 11.1 Å². The third kappa shape index (κ3) is 4.25. The minimum absolute atomic E-state index is 0.0549. The molecule has 3 aromatic rings. The lowest BCUT2D eigenvalue weighted by atomic mass is 10.0. The van der Waals surface area contributed by atoms with Crippen molar-refractivity contribution >= 4 is 11.8 Å². The average molecular weight is 378 g/mol. The number of aromatic nitrogens is 2. The molecular formula is C21H22N4O3. The van der Waals surface area contributed by atoms with Crippen molar-refractivity contribution in [3.63, 3.8) is 0 Å². The van der Waals surface area contributed by atoms with Gasteiger partial charge in [-0.1, -0.05) is 19.9 Å². The highest BCUT2D eigenvalue weighted by molar-refractivity contribution is 5.96. The van der Waals surface area contributed by atoms with Crippen molar-refractivity contribution in [3.8, 4) is 22.6 Å². The van der Waals surface area contributed by atoms with Crippen LogP contribution in [-0.2, 0) is 4.79 Å². The standard InChI is InChI=1S/C21H22N4O3/c1-13(2)19(21(27)22-3)25-20(26)18-7-6-17(28-18)16-5-4-15(12-24-16)14-8-10-23-11-9-14/h4-13,19H,1-3H3,(H,22,27)(H,25,26)/t19-/m0/s1. The van der Waals surface area contributed by atoms with E-state index >= 15 is 0 Å². The molecule has 0 aliphatic rings. The highest BCUT2D eigenvalue weighted by Crippen LogP contribution is 2.24. The summed E-state index contributed by atoms with van der Waals surface area (Å²) in [7, 11) is 1.54. The monoisotopic (exact) mass is 378 g/mol. The van der Waals surface area contributed by atoms with Gasteiger partial charge in [-0.15, -0.1) is 0 Å². The smallest absolute Gasteiger partial charge is 0.287 e. The fraction of sp³-hybridized carbons (Fsp3) is 0.238. The lowest BCUT2D eigenvalue weighted by molar-refractivity contribution is -0.123. The summed E-state index contributed by atoms with van der Waals surface area (Å²) >= 11 is 0. The fourth-order valence-corrected chi connectivity index (χ4v) is 2.76. The van der Waals surface area contributed by atoms with E-state index in [1.807, 2.05) is 38.1 Å². The number of carbonyl (C=O) groups excluding carboxylic acids is 2. The second-order valence-corrected chi connectivity index (χ2v) is 6.64. The zero-order chi connectivity index (χ0) is 20.1. The molecule has 0 aromatic carbocycles. The molecule has 0 bridgehead atoms. The topological polar surface area (TPSA) is 97.1 Å². The van der Waals surface area contributed by atoms with Crippen molar-refractivity contribution in [1.29, 1.82) is 0 Å². The number of nitrogens with zero attached hydrogens (tertiary/aromatic N) is 2. The van der Waals surface area contributed by atoms with Crippen molar-refractivity contribution in [2.75, 3.05) is 7.05 Å². The molecule has 2 N–H and O–H groups in total. The Labute approximate surface area is 163 Å². The Kier molecular flexibility index (Phi) is 5.84. The lowest BCUT2D eigenvalue weighted by Crippen LogP contribution is -2.48. The Balaban J connectivity index is 1.74. The molecule has 0 saturated carbocycles. The van der Waals surface area contributed by atoms with Gasteiger partial charge in [-0.2, -0.15) is 0 Å². The van der Waals surface area contributed by atoms with E-state index in [4.69, 9.17) is 4.42 Å². The Hall–Kier alpha value is -3.48. The predicted molar refractivity (Wildman–Crippen MR) is 105 cm³/mol. The van der Waals surface area contributed by atoms with Gasteiger partial charge < -0.3 is 15.1 Å². The van der Waals surface area contributed by atoms with Crippen LogP contribution in [0.1, 0.15) is 24.4 Å². The van der Waals surface area contributed by atoms with Gasteiger partial charge in [0.15, 0.2) is 11.5 Å². The maximum atomic E-state index is 12.5. The summed E-state index contributed by atoms with van der Waals surface area (Å²) in [5, 5.41) is 5.26. The van der Waals surface area contributed by atoms with Gasteiger partial charge in [0.1, 0.15) is 11.7 Å². The first-order chi connectivity index (χ1) is 13.5. The van der Waals surface area contributed by atoms with Crippen molar-refractivity contribution in [3.05, 3.63) is 60.7 Å². The summed E-state index contributed by atoms with van der Waals surface area (Å²) < 4.78 is 5.65. The quantitative estimate of drug-likeness (QED) is 0.687. The average Bonchev–Trinajstić information content (AvgIpc) is 3.22. The van der Waals surface area contributed by atoms with Crippen LogP contribution in [0.2, 0.25) is 0 Å². The molecule has 7 heteroatoms. The van der Waals surface area contributed by atoms with Gasteiger partial charge in [0.25, 0.3) is 5.91 Å². The minimum atomic E-state index is -0.635. The van der Waals surface area contributed by atoms with Crippen LogP contribution in [0.25, 0.3) is 22.6 Å². The summed E-state index contributed by atoms with van der Waals surface area (Å²) in [6.07, 6.45) is 5.20. The van der Waals surface area contributed by atoms with Crippen LogP contribution < -0.4 is 10.6 Å². The molecule has 3 heterocycles. The Morgan fingerprint density at radius 1 is 1.00 bits per heavy atom. The fourth-order valence-electron chi connectivity index (χ4n) is 2.76. The number of likely N-dealkylation sites (N-methyl/N-ethyl adjacent to an activating group) is 1. The first-order valence-electron chi connectivity index (χ1n) is 8.98. The van der Waals surface area contributed by atoms with Crippen LogP contribution in [0.3, 0.4) is 0 Å². The summed E-state index contributed by atoms with van der Waals surface area (Å²) in [4.78, 5) is 32.8. The van der Waals surface area contributed by atoms with Crippen molar-refractivity contribution < 1.29 is 14.0 Å². The van der Waals surface area contributed by atoms with Crippen molar-refractivity contribution in [2.24, 2.45) is 5.92 Å². The summed E-state index contributed by atoms with van der Waals surface area (Å²) in [5.74, 6) is -0.136. The molecule has 0 saturated heterocycles. The number of hydrogen-bond donors (Lipinski definition) is 2. The normalized spacial score (nSPS) is 11.9. The van der Waals surface area contributed by atoms with E-state index in [1.54, 1.807) is 30.7 Å². The van der Waals surface area contributed by atoms with Gasteiger partial charge in [-0.3, -0.25) is 19.6 Å². The third-order valence-electron chi connectivity index (χ3n) is 4.34. The Bertz CT molecular complexity index is 949. The molecule has 0 unspecified atom stereocenters. The van der Waals surface area contributed by atoms with Crippen LogP contribution in [0.15, 0.2) is 59.4 Å². The summed E-state index contributed by atoms with van der Waals surface area (Å²) in [5.41, 5.74) is 2.59.